The van der Waals surface area contributed by atoms with Gasteiger partial charge in [-0.1, -0.05) is 59.6 Å². The van der Waals surface area contributed by atoms with Crippen molar-refractivity contribution in [1.29, 1.82) is 0 Å². The van der Waals surface area contributed by atoms with Crippen LogP contribution < -0.4 is 15.0 Å². The van der Waals surface area contributed by atoms with Crippen molar-refractivity contribution in [3.63, 3.8) is 0 Å². The predicted octanol–water partition coefficient (Wildman–Crippen LogP) is 5.55. The van der Waals surface area contributed by atoms with Crippen molar-refractivity contribution in [2.75, 3.05) is 4.90 Å². The third-order valence-electron chi connectivity index (χ3n) is 5.08. The summed E-state index contributed by atoms with van der Waals surface area (Å²) < 4.78 is 5.91. The van der Waals surface area contributed by atoms with Gasteiger partial charge in [0, 0.05) is 15.6 Å². The highest BCUT2D eigenvalue weighted by Gasteiger charge is 2.37. The number of benzene rings is 3. The number of para-hydroxylation sites is 1. The molecule has 0 atom stereocenters. The zero-order valence-electron chi connectivity index (χ0n) is 17.5. The lowest BCUT2D eigenvalue weighted by atomic mass is 10.0. The van der Waals surface area contributed by atoms with Crippen molar-refractivity contribution < 1.29 is 19.1 Å². The third kappa shape index (κ3) is 4.77. The first-order valence-corrected chi connectivity index (χ1v) is 10.7. The fraction of sp³-hybridized carbons (Fsp3) is 0.0800. The molecule has 0 aliphatic carbocycles. The monoisotopic (exact) mass is 480 g/mol. The Morgan fingerprint density at radius 1 is 0.970 bits per heavy atom. The highest BCUT2D eigenvalue weighted by atomic mass is 35.5. The maximum absolute atomic E-state index is 13.2. The third-order valence-corrected chi connectivity index (χ3v) is 5.73. The molecule has 1 saturated heterocycles. The number of nitrogens with one attached hydrogen (secondary N) is 1. The fourth-order valence-corrected chi connectivity index (χ4v) is 3.77. The molecule has 0 aromatic heterocycles. The topological polar surface area (TPSA) is 75.7 Å². The zero-order valence-corrected chi connectivity index (χ0v) is 19.0. The number of amides is 4. The number of rotatable bonds is 5. The number of anilines is 1. The van der Waals surface area contributed by atoms with Crippen LogP contribution in [0.25, 0.3) is 6.08 Å². The number of barbiturate groups is 1. The van der Waals surface area contributed by atoms with Gasteiger partial charge in [0.15, 0.2) is 0 Å². The average molecular weight is 481 g/mol. The van der Waals surface area contributed by atoms with Crippen LogP contribution in [0.5, 0.6) is 5.75 Å². The molecule has 3 aromatic carbocycles. The van der Waals surface area contributed by atoms with Crippen molar-refractivity contribution in [3.05, 3.63) is 99.0 Å². The maximum atomic E-state index is 13.2. The number of imide groups is 2. The second-order valence-electron chi connectivity index (χ2n) is 7.30. The Labute approximate surface area is 200 Å². The van der Waals surface area contributed by atoms with Crippen LogP contribution in [0.3, 0.4) is 0 Å². The first-order chi connectivity index (χ1) is 15.8. The van der Waals surface area contributed by atoms with Gasteiger partial charge in [-0.05, 0) is 54.5 Å². The van der Waals surface area contributed by atoms with Crippen molar-refractivity contribution >= 4 is 52.8 Å². The van der Waals surface area contributed by atoms with Gasteiger partial charge in [0.1, 0.15) is 17.9 Å². The van der Waals surface area contributed by atoms with E-state index in [0.717, 1.165) is 10.5 Å². The second kappa shape index (κ2) is 9.48. The number of halogens is 2. The summed E-state index contributed by atoms with van der Waals surface area (Å²) in [5.74, 6) is -1.07. The van der Waals surface area contributed by atoms with Crippen molar-refractivity contribution in [2.45, 2.75) is 13.5 Å². The number of ether oxygens (including phenoxy) is 1. The van der Waals surface area contributed by atoms with E-state index in [1.807, 2.05) is 12.1 Å². The summed E-state index contributed by atoms with van der Waals surface area (Å²) in [6.07, 6.45) is 1.41. The van der Waals surface area contributed by atoms with Gasteiger partial charge in [-0.15, -0.1) is 0 Å². The molecule has 6 nitrogen and oxygen atoms in total. The highest BCUT2D eigenvalue weighted by molar-refractivity contribution is 6.40. The Kier molecular flexibility index (Phi) is 6.49. The Morgan fingerprint density at radius 3 is 2.52 bits per heavy atom. The van der Waals surface area contributed by atoms with Crippen molar-refractivity contribution in [3.8, 4) is 5.75 Å². The molecule has 33 heavy (non-hydrogen) atoms. The van der Waals surface area contributed by atoms with Gasteiger partial charge < -0.3 is 4.74 Å². The minimum Gasteiger partial charge on any atom is -0.488 e. The van der Waals surface area contributed by atoms with Crippen molar-refractivity contribution in [1.82, 2.24) is 5.32 Å². The van der Waals surface area contributed by atoms with E-state index in [1.54, 1.807) is 61.5 Å². The van der Waals surface area contributed by atoms with Crippen LogP contribution in [0, 0.1) is 6.92 Å². The molecule has 0 radical (unpaired) electrons. The highest BCUT2D eigenvalue weighted by Crippen LogP contribution is 2.30. The fourth-order valence-electron chi connectivity index (χ4n) is 3.39. The number of urea groups is 1. The molecule has 1 N–H and O–H groups in total. The summed E-state index contributed by atoms with van der Waals surface area (Å²) in [7, 11) is 0. The largest absolute Gasteiger partial charge is 0.488 e. The Bertz CT molecular complexity index is 1300. The molecular formula is C25H18Cl2N2O4. The molecule has 8 heteroatoms. The number of hydrogen-bond acceptors (Lipinski definition) is 4. The molecule has 4 amide bonds. The molecule has 0 unspecified atom stereocenters. The Morgan fingerprint density at radius 2 is 1.73 bits per heavy atom. The van der Waals surface area contributed by atoms with E-state index in [9.17, 15) is 14.4 Å². The van der Waals surface area contributed by atoms with Crippen LogP contribution in [-0.4, -0.2) is 17.8 Å². The van der Waals surface area contributed by atoms with Gasteiger partial charge >= 0.3 is 6.03 Å². The van der Waals surface area contributed by atoms with E-state index < -0.39 is 17.8 Å². The van der Waals surface area contributed by atoms with E-state index >= 15 is 0 Å². The standard InChI is InChI=1S/C25H18Cl2N2O4/c1-15-20(27)9-5-10-21(15)29-24(31)19(23(30)28-25(29)32)13-17-7-2-3-11-22(17)33-14-16-6-4-8-18(26)12-16/h2-13H,14H2,1H3,(H,28,30,32)/b19-13+. The van der Waals surface area contributed by atoms with Gasteiger partial charge in [0.25, 0.3) is 11.8 Å². The number of carbonyl (C=O) groups excluding carboxylic acids is 3. The Hall–Kier alpha value is -3.61. The van der Waals surface area contributed by atoms with E-state index in [-0.39, 0.29) is 12.2 Å². The summed E-state index contributed by atoms with van der Waals surface area (Å²) in [6.45, 7) is 1.93. The van der Waals surface area contributed by atoms with Gasteiger partial charge in [-0.25, -0.2) is 9.69 Å². The summed E-state index contributed by atoms with van der Waals surface area (Å²) in [5.41, 5.74) is 2.02. The van der Waals surface area contributed by atoms with E-state index in [2.05, 4.69) is 5.32 Å². The van der Waals surface area contributed by atoms with Gasteiger partial charge in [0.2, 0.25) is 0 Å². The second-order valence-corrected chi connectivity index (χ2v) is 8.14. The lowest BCUT2D eigenvalue weighted by Gasteiger charge is -2.27. The van der Waals surface area contributed by atoms with E-state index in [0.29, 0.717) is 32.6 Å². The smallest absolute Gasteiger partial charge is 0.335 e. The van der Waals surface area contributed by atoms with Crippen LogP contribution in [0.1, 0.15) is 16.7 Å². The van der Waals surface area contributed by atoms with Crippen molar-refractivity contribution in [2.24, 2.45) is 0 Å². The molecule has 3 aromatic rings. The molecule has 1 fully saturated rings. The van der Waals surface area contributed by atoms with Gasteiger partial charge in [0.05, 0.1) is 5.69 Å². The number of hydrogen-bond donors (Lipinski definition) is 1. The normalized spacial score (nSPS) is 15.1. The van der Waals surface area contributed by atoms with Gasteiger partial charge in [-0.2, -0.15) is 0 Å². The Balaban J connectivity index is 1.67. The molecule has 4 rings (SSSR count). The minimum absolute atomic E-state index is 0.201. The summed E-state index contributed by atoms with van der Waals surface area (Å²) in [5, 5.41) is 3.21. The maximum Gasteiger partial charge on any atom is 0.335 e. The molecule has 1 aliphatic rings. The zero-order chi connectivity index (χ0) is 23.5. The van der Waals surface area contributed by atoms with Crippen LogP contribution >= 0.6 is 23.2 Å². The quantitative estimate of drug-likeness (QED) is 0.383. The lowest BCUT2D eigenvalue weighted by Crippen LogP contribution is -2.54. The lowest BCUT2D eigenvalue weighted by molar-refractivity contribution is -0.122. The molecule has 1 heterocycles. The average Bonchev–Trinajstić information content (AvgIpc) is 2.78. The SMILES string of the molecule is Cc1c(Cl)cccc1N1C(=O)NC(=O)/C(=C\c2ccccc2OCc2cccc(Cl)c2)C1=O. The minimum atomic E-state index is -0.835. The molecular weight excluding hydrogens is 463 g/mol. The summed E-state index contributed by atoms with van der Waals surface area (Å²) >= 11 is 12.2. The predicted molar refractivity (Wildman–Crippen MR) is 127 cm³/mol. The first-order valence-electron chi connectivity index (χ1n) is 9.98. The molecule has 1 aliphatic heterocycles. The summed E-state index contributed by atoms with van der Waals surface area (Å²) in [6, 6.07) is 18.3. The number of nitrogens with zero attached hydrogens (tertiary/aromatic N) is 1. The molecule has 0 bridgehead atoms. The first kappa shape index (κ1) is 22.6. The summed E-state index contributed by atoms with van der Waals surface area (Å²) in [4.78, 5) is 39.2. The van der Waals surface area contributed by atoms with Crippen LogP contribution in [-0.2, 0) is 16.2 Å². The molecule has 0 saturated carbocycles. The van der Waals surface area contributed by atoms with Crippen LogP contribution in [0.4, 0.5) is 10.5 Å². The number of carbonyl (C=O) groups is 3. The molecule has 166 valence electrons. The van der Waals surface area contributed by atoms with E-state index in [1.165, 1.54) is 6.08 Å². The van der Waals surface area contributed by atoms with Gasteiger partial charge in [-0.3, -0.25) is 14.9 Å². The van der Waals surface area contributed by atoms with Crippen LogP contribution in [0.2, 0.25) is 10.0 Å². The van der Waals surface area contributed by atoms with Crippen LogP contribution in [0.15, 0.2) is 72.3 Å². The molecule has 0 spiro atoms. The van der Waals surface area contributed by atoms with E-state index in [4.69, 9.17) is 27.9 Å².